The predicted octanol–water partition coefficient (Wildman–Crippen LogP) is 1.40. The van der Waals surface area contributed by atoms with Gasteiger partial charge in [-0.1, -0.05) is 0 Å². The van der Waals surface area contributed by atoms with Crippen molar-refractivity contribution in [2.75, 3.05) is 7.05 Å². The molecule has 0 aliphatic heterocycles. The van der Waals surface area contributed by atoms with E-state index in [1.165, 1.54) is 7.05 Å². The van der Waals surface area contributed by atoms with Crippen molar-refractivity contribution in [2.24, 2.45) is 0 Å². The van der Waals surface area contributed by atoms with Crippen LogP contribution in [0.4, 0.5) is 18.0 Å². The number of urea groups is 1. The molecule has 1 fully saturated rings. The summed E-state index contributed by atoms with van der Waals surface area (Å²) in [7, 11) is 1.29. The Morgan fingerprint density at radius 2 is 1.92 bits per heavy atom. The molecule has 1 aliphatic carbocycles. The molecule has 0 radical (unpaired) electrons. The van der Waals surface area contributed by atoms with E-state index in [0.717, 1.165) is 0 Å². The van der Waals surface area contributed by atoms with Crippen LogP contribution in [0.2, 0.25) is 0 Å². The summed E-state index contributed by atoms with van der Waals surface area (Å²) in [6.45, 7) is 0. The third kappa shape index (κ3) is 1.71. The summed E-state index contributed by atoms with van der Waals surface area (Å²) in [6.07, 6.45) is -3.89. The van der Waals surface area contributed by atoms with E-state index in [-0.39, 0.29) is 12.8 Å². The van der Waals surface area contributed by atoms with Crippen molar-refractivity contribution >= 4 is 6.03 Å². The Labute approximate surface area is 73.7 Å². The molecule has 0 spiro atoms. The summed E-state index contributed by atoms with van der Waals surface area (Å²) >= 11 is 0. The van der Waals surface area contributed by atoms with Crippen LogP contribution in [0.25, 0.3) is 0 Å². The van der Waals surface area contributed by atoms with Gasteiger partial charge in [-0.15, -0.1) is 0 Å². The van der Waals surface area contributed by atoms with E-state index in [1.807, 2.05) is 5.32 Å². The van der Waals surface area contributed by atoms with Crippen LogP contribution in [0.1, 0.15) is 19.3 Å². The summed E-state index contributed by atoms with van der Waals surface area (Å²) < 4.78 is 37.2. The standard InChI is InChI=1S/C7H11F3N2O/c1-11-5(13)12-6(3-2-4-6)7(8,9)10/h2-4H2,1H3,(H2,11,12,13). The summed E-state index contributed by atoms with van der Waals surface area (Å²) in [5, 5.41) is 4.06. The summed E-state index contributed by atoms with van der Waals surface area (Å²) in [5.74, 6) is 0. The number of hydrogen-bond donors (Lipinski definition) is 2. The zero-order valence-corrected chi connectivity index (χ0v) is 7.16. The molecule has 3 nitrogen and oxygen atoms in total. The molecule has 0 aromatic carbocycles. The van der Waals surface area contributed by atoms with Gasteiger partial charge in [-0.05, 0) is 19.3 Å². The van der Waals surface area contributed by atoms with Gasteiger partial charge in [0.2, 0.25) is 0 Å². The van der Waals surface area contributed by atoms with E-state index in [1.54, 1.807) is 0 Å². The minimum atomic E-state index is -4.35. The topological polar surface area (TPSA) is 41.1 Å². The lowest BCUT2D eigenvalue weighted by molar-refractivity contribution is -0.214. The molecule has 0 saturated heterocycles. The number of nitrogens with one attached hydrogen (secondary N) is 2. The Balaban J connectivity index is 2.66. The van der Waals surface area contributed by atoms with Crippen molar-refractivity contribution in [1.29, 1.82) is 0 Å². The Morgan fingerprint density at radius 3 is 2.15 bits per heavy atom. The first kappa shape index (κ1) is 10.1. The maximum absolute atomic E-state index is 12.4. The highest BCUT2D eigenvalue weighted by Crippen LogP contribution is 2.44. The monoisotopic (exact) mass is 196 g/mol. The van der Waals surface area contributed by atoms with Crippen LogP contribution in [-0.2, 0) is 0 Å². The summed E-state index contributed by atoms with van der Waals surface area (Å²) in [5.41, 5.74) is -1.98. The fourth-order valence-electron chi connectivity index (χ4n) is 1.29. The second kappa shape index (κ2) is 3.08. The SMILES string of the molecule is CNC(=O)NC1(C(F)(F)F)CCC1. The second-order valence-electron chi connectivity index (χ2n) is 3.14. The molecule has 0 atom stereocenters. The predicted molar refractivity (Wildman–Crippen MR) is 40.2 cm³/mol. The maximum Gasteiger partial charge on any atom is 0.411 e. The zero-order valence-electron chi connectivity index (χ0n) is 7.16. The first-order valence-corrected chi connectivity index (χ1v) is 3.98. The molecule has 0 unspecified atom stereocenters. The van der Waals surface area contributed by atoms with Crippen molar-refractivity contribution in [1.82, 2.24) is 10.6 Å². The zero-order chi connectivity index (χ0) is 10.1. The molecule has 2 amide bonds. The number of hydrogen-bond acceptors (Lipinski definition) is 1. The fourth-order valence-corrected chi connectivity index (χ4v) is 1.29. The number of amides is 2. The lowest BCUT2D eigenvalue weighted by Gasteiger charge is -2.43. The smallest absolute Gasteiger partial charge is 0.341 e. The minimum absolute atomic E-state index is 0.0239. The van der Waals surface area contributed by atoms with Gasteiger partial charge in [0.25, 0.3) is 0 Å². The van der Waals surface area contributed by atoms with Gasteiger partial charge in [-0.25, -0.2) is 4.79 Å². The van der Waals surface area contributed by atoms with Crippen molar-refractivity contribution in [3.05, 3.63) is 0 Å². The van der Waals surface area contributed by atoms with Crippen molar-refractivity contribution < 1.29 is 18.0 Å². The summed E-state index contributed by atoms with van der Waals surface area (Å²) in [6, 6.07) is -0.781. The third-order valence-corrected chi connectivity index (χ3v) is 2.33. The third-order valence-electron chi connectivity index (χ3n) is 2.33. The first-order chi connectivity index (χ1) is 5.91. The quantitative estimate of drug-likeness (QED) is 0.654. The molecule has 1 rings (SSSR count). The highest BCUT2D eigenvalue weighted by molar-refractivity contribution is 5.74. The Hall–Kier alpha value is -0.940. The van der Waals surface area contributed by atoms with Crippen LogP contribution in [0.5, 0.6) is 0 Å². The van der Waals surface area contributed by atoms with E-state index in [4.69, 9.17) is 0 Å². The van der Waals surface area contributed by atoms with Crippen molar-refractivity contribution in [3.63, 3.8) is 0 Å². The second-order valence-corrected chi connectivity index (χ2v) is 3.14. The lowest BCUT2D eigenvalue weighted by atomic mass is 9.76. The van der Waals surface area contributed by atoms with E-state index >= 15 is 0 Å². The van der Waals surface area contributed by atoms with Crippen LogP contribution in [0, 0.1) is 0 Å². The first-order valence-electron chi connectivity index (χ1n) is 3.98. The molecule has 1 aliphatic rings. The van der Waals surface area contributed by atoms with Crippen LogP contribution < -0.4 is 10.6 Å². The Bertz CT molecular complexity index is 210. The number of halogens is 3. The van der Waals surface area contributed by atoms with Gasteiger partial charge in [0.05, 0.1) is 0 Å². The van der Waals surface area contributed by atoms with Gasteiger partial charge in [-0.2, -0.15) is 13.2 Å². The number of rotatable bonds is 1. The van der Waals surface area contributed by atoms with Crippen LogP contribution >= 0.6 is 0 Å². The molecular weight excluding hydrogens is 185 g/mol. The van der Waals surface area contributed by atoms with Crippen molar-refractivity contribution in [3.8, 4) is 0 Å². The largest absolute Gasteiger partial charge is 0.411 e. The molecule has 6 heteroatoms. The number of alkyl halides is 3. The number of carbonyl (C=O) groups excluding carboxylic acids is 1. The van der Waals surface area contributed by atoms with Gasteiger partial charge in [0.15, 0.2) is 0 Å². The Kier molecular flexibility index (Phi) is 2.40. The molecule has 76 valence electrons. The fraction of sp³-hybridized carbons (Fsp3) is 0.857. The molecular formula is C7H11F3N2O. The molecule has 0 heterocycles. The van der Waals surface area contributed by atoms with Gasteiger partial charge < -0.3 is 10.6 Å². The average Bonchev–Trinajstić information content (AvgIpc) is 1.93. The van der Waals surface area contributed by atoms with E-state index in [2.05, 4.69) is 5.32 Å². The maximum atomic E-state index is 12.4. The molecule has 0 bridgehead atoms. The highest BCUT2D eigenvalue weighted by atomic mass is 19.4. The molecule has 2 N–H and O–H groups in total. The molecule has 0 aromatic rings. The molecule has 0 aromatic heterocycles. The average molecular weight is 196 g/mol. The molecule has 13 heavy (non-hydrogen) atoms. The number of carbonyl (C=O) groups is 1. The minimum Gasteiger partial charge on any atom is -0.341 e. The highest BCUT2D eigenvalue weighted by Gasteiger charge is 2.59. The lowest BCUT2D eigenvalue weighted by Crippen LogP contribution is -2.64. The van der Waals surface area contributed by atoms with E-state index in [9.17, 15) is 18.0 Å². The van der Waals surface area contributed by atoms with E-state index in [0.29, 0.717) is 6.42 Å². The van der Waals surface area contributed by atoms with Gasteiger partial charge >= 0.3 is 12.2 Å². The van der Waals surface area contributed by atoms with Gasteiger partial charge in [-0.3, -0.25) is 0 Å². The van der Waals surface area contributed by atoms with Crippen LogP contribution in [-0.4, -0.2) is 24.8 Å². The van der Waals surface area contributed by atoms with Gasteiger partial charge in [0.1, 0.15) is 5.54 Å². The normalized spacial score (nSPS) is 20.3. The van der Waals surface area contributed by atoms with Crippen molar-refractivity contribution in [2.45, 2.75) is 31.0 Å². The molecule has 1 saturated carbocycles. The van der Waals surface area contributed by atoms with Gasteiger partial charge in [0, 0.05) is 7.05 Å². The van der Waals surface area contributed by atoms with E-state index < -0.39 is 17.7 Å². The van der Waals surface area contributed by atoms with Crippen LogP contribution in [0.3, 0.4) is 0 Å². The van der Waals surface area contributed by atoms with Crippen LogP contribution in [0.15, 0.2) is 0 Å². The Morgan fingerprint density at radius 1 is 1.38 bits per heavy atom. The summed E-state index contributed by atoms with van der Waals surface area (Å²) in [4.78, 5) is 10.7.